The zero-order chi connectivity index (χ0) is 29.3. The van der Waals surface area contributed by atoms with Gasteiger partial charge in [0.15, 0.2) is 0 Å². The lowest BCUT2D eigenvalue weighted by Gasteiger charge is -2.33. The van der Waals surface area contributed by atoms with Crippen molar-refractivity contribution in [3.05, 3.63) is 94.5 Å². The molecule has 0 heterocycles. The Kier molecular flexibility index (Phi) is 11.2. The summed E-state index contributed by atoms with van der Waals surface area (Å²) in [6.07, 6.45) is 1.68. The highest BCUT2D eigenvalue weighted by molar-refractivity contribution is 7.92. The first-order valence-corrected chi connectivity index (χ1v) is 15.4. The minimum atomic E-state index is -4.14. The molecule has 0 aromatic heterocycles. The lowest BCUT2D eigenvalue weighted by Crippen LogP contribution is -2.53. The average Bonchev–Trinajstić information content (AvgIpc) is 2.94. The van der Waals surface area contributed by atoms with E-state index in [2.05, 4.69) is 5.32 Å². The Hall–Kier alpha value is -3.36. The molecule has 0 fully saturated rings. The molecule has 3 aromatic rings. The fourth-order valence-electron chi connectivity index (χ4n) is 4.41. The third-order valence-corrected chi connectivity index (χ3v) is 8.92. The van der Waals surface area contributed by atoms with Crippen LogP contribution < -0.4 is 9.62 Å². The Morgan fingerprint density at radius 1 is 0.925 bits per heavy atom. The normalized spacial score (nSPS) is 12.0. The second-order valence-corrected chi connectivity index (χ2v) is 12.1. The SMILES string of the molecule is CCCNC(=O)C(CC)N(CCc1ccccc1)C(=O)CN(c1ccc(C)c(C)c1)S(=O)(=O)c1ccc(Cl)cc1. The summed E-state index contributed by atoms with van der Waals surface area (Å²) in [5, 5.41) is 3.31. The van der Waals surface area contributed by atoms with Crippen molar-refractivity contribution in [2.75, 3.05) is 23.9 Å². The minimum Gasteiger partial charge on any atom is -0.354 e. The molecule has 1 unspecified atom stereocenters. The number of carbonyl (C=O) groups is 2. The fraction of sp³-hybridized carbons (Fsp3) is 0.355. The van der Waals surface area contributed by atoms with Gasteiger partial charge in [-0.3, -0.25) is 13.9 Å². The van der Waals surface area contributed by atoms with Crippen LogP contribution in [0.15, 0.2) is 77.7 Å². The number of halogens is 1. The topological polar surface area (TPSA) is 86.8 Å². The number of hydrogen-bond donors (Lipinski definition) is 1. The summed E-state index contributed by atoms with van der Waals surface area (Å²) in [6.45, 7) is 7.95. The van der Waals surface area contributed by atoms with Crippen molar-refractivity contribution < 1.29 is 18.0 Å². The number of nitrogens with zero attached hydrogens (tertiary/aromatic N) is 2. The van der Waals surface area contributed by atoms with Gasteiger partial charge in [0.25, 0.3) is 10.0 Å². The van der Waals surface area contributed by atoms with Crippen LogP contribution in [0.25, 0.3) is 0 Å². The third-order valence-electron chi connectivity index (χ3n) is 6.88. The van der Waals surface area contributed by atoms with Gasteiger partial charge in [0, 0.05) is 18.1 Å². The summed E-state index contributed by atoms with van der Waals surface area (Å²) in [6, 6.07) is 20.1. The number of sulfonamides is 1. The van der Waals surface area contributed by atoms with Crippen molar-refractivity contribution in [2.24, 2.45) is 0 Å². The summed E-state index contributed by atoms with van der Waals surface area (Å²) < 4.78 is 29.0. The second-order valence-electron chi connectivity index (χ2n) is 9.77. The van der Waals surface area contributed by atoms with E-state index in [9.17, 15) is 18.0 Å². The van der Waals surface area contributed by atoms with Crippen LogP contribution in [-0.4, -0.2) is 50.8 Å². The maximum Gasteiger partial charge on any atom is 0.264 e. The van der Waals surface area contributed by atoms with E-state index in [1.807, 2.05) is 64.1 Å². The Balaban J connectivity index is 2.02. The van der Waals surface area contributed by atoms with Crippen LogP contribution in [0.4, 0.5) is 5.69 Å². The highest BCUT2D eigenvalue weighted by Gasteiger charge is 2.33. The minimum absolute atomic E-state index is 0.0199. The highest BCUT2D eigenvalue weighted by Crippen LogP contribution is 2.27. The number of aryl methyl sites for hydroxylation is 2. The number of amides is 2. The zero-order valence-electron chi connectivity index (χ0n) is 23.6. The zero-order valence-corrected chi connectivity index (χ0v) is 25.1. The Morgan fingerprint density at radius 3 is 2.20 bits per heavy atom. The van der Waals surface area contributed by atoms with Crippen LogP contribution in [0.5, 0.6) is 0 Å². The van der Waals surface area contributed by atoms with Gasteiger partial charge >= 0.3 is 0 Å². The van der Waals surface area contributed by atoms with E-state index in [4.69, 9.17) is 11.6 Å². The summed E-state index contributed by atoms with van der Waals surface area (Å²) in [4.78, 5) is 28.7. The number of anilines is 1. The Labute approximate surface area is 243 Å². The van der Waals surface area contributed by atoms with E-state index in [0.29, 0.717) is 30.1 Å². The van der Waals surface area contributed by atoms with Crippen LogP contribution in [0, 0.1) is 13.8 Å². The molecule has 0 aliphatic carbocycles. The first kappa shape index (κ1) is 31.2. The van der Waals surface area contributed by atoms with Crippen molar-refractivity contribution in [1.29, 1.82) is 0 Å². The molecule has 3 rings (SSSR count). The molecule has 0 saturated carbocycles. The molecule has 0 aliphatic heterocycles. The maximum atomic E-state index is 14.0. The van der Waals surface area contributed by atoms with Gasteiger partial charge in [0.05, 0.1) is 10.6 Å². The number of hydrogen-bond acceptors (Lipinski definition) is 4. The number of benzene rings is 3. The predicted octanol–water partition coefficient (Wildman–Crippen LogP) is 5.53. The van der Waals surface area contributed by atoms with Crippen molar-refractivity contribution >= 4 is 39.1 Å². The van der Waals surface area contributed by atoms with Gasteiger partial charge in [-0.05, 0) is 86.2 Å². The molecule has 0 spiro atoms. The van der Waals surface area contributed by atoms with Gasteiger partial charge in [-0.1, -0.05) is 61.8 Å². The largest absolute Gasteiger partial charge is 0.354 e. The number of nitrogens with one attached hydrogen (secondary N) is 1. The molecule has 0 bridgehead atoms. The first-order chi connectivity index (χ1) is 19.1. The van der Waals surface area contributed by atoms with Crippen LogP contribution in [0.1, 0.15) is 43.4 Å². The van der Waals surface area contributed by atoms with E-state index < -0.39 is 28.5 Å². The molecular formula is C31H38ClN3O4S. The monoisotopic (exact) mass is 583 g/mol. The second kappa shape index (κ2) is 14.3. The first-order valence-electron chi connectivity index (χ1n) is 13.5. The predicted molar refractivity (Wildman–Crippen MR) is 161 cm³/mol. The van der Waals surface area contributed by atoms with Crippen molar-refractivity contribution in [2.45, 2.75) is 57.9 Å². The van der Waals surface area contributed by atoms with Crippen molar-refractivity contribution in [3.63, 3.8) is 0 Å². The summed E-state index contributed by atoms with van der Waals surface area (Å²) in [5.74, 6) is -0.700. The van der Waals surface area contributed by atoms with E-state index in [-0.39, 0.29) is 17.3 Å². The molecule has 3 aromatic carbocycles. The van der Waals surface area contributed by atoms with E-state index in [1.165, 1.54) is 29.2 Å². The number of carbonyl (C=O) groups excluding carboxylic acids is 2. The van der Waals surface area contributed by atoms with E-state index >= 15 is 0 Å². The fourth-order valence-corrected chi connectivity index (χ4v) is 5.94. The molecule has 0 radical (unpaired) electrons. The molecule has 7 nitrogen and oxygen atoms in total. The molecule has 0 saturated heterocycles. The van der Waals surface area contributed by atoms with Crippen molar-refractivity contribution in [3.8, 4) is 0 Å². The van der Waals surface area contributed by atoms with Crippen LogP contribution in [0.3, 0.4) is 0 Å². The molecule has 40 heavy (non-hydrogen) atoms. The highest BCUT2D eigenvalue weighted by atomic mass is 35.5. The van der Waals surface area contributed by atoms with Gasteiger partial charge in [0.1, 0.15) is 12.6 Å². The van der Waals surface area contributed by atoms with Crippen LogP contribution in [-0.2, 0) is 26.0 Å². The summed E-state index contributed by atoms with van der Waals surface area (Å²) in [7, 11) is -4.14. The third kappa shape index (κ3) is 7.86. The lowest BCUT2D eigenvalue weighted by atomic mass is 10.1. The van der Waals surface area contributed by atoms with Gasteiger partial charge in [0.2, 0.25) is 11.8 Å². The van der Waals surface area contributed by atoms with Gasteiger partial charge < -0.3 is 10.2 Å². The molecule has 1 atom stereocenters. The average molecular weight is 584 g/mol. The number of rotatable bonds is 13. The Morgan fingerprint density at radius 2 is 1.60 bits per heavy atom. The molecular weight excluding hydrogens is 546 g/mol. The van der Waals surface area contributed by atoms with E-state index in [0.717, 1.165) is 27.4 Å². The maximum absolute atomic E-state index is 14.0. The van der Waals surface area contributed by atoms with Crippen molar-refractivity contribution in [1.82, 2.24) is 10.2 Å². The molecule has 214 valence electrons. The van der Waals surface area contributed by atoms with Gasteiger partial charge in [-0.2, -0.15) is 0 Å². The van der Waals surface area contributed by atoms with Gasteiger partial charge in [-0.15, -0.1) is 0 Å². The molecule has 2 amide bonds. The smallest absolute Gasteiger partial charge is 0.264 e. The van der Waals surface area contributed by atoms with Gasteiger partial charge in [-0.25, -0.2) is 8.42 Å². The Bertz CT molecular complexity index is 1400. The van der Waals surface area contributed by atoms with E-state index in [1.54, 1.807) is 12.1 Å². The standard InChI is InChI=1S/C31H38ClN3O4S/c1-5-19-33-31(37)29(6-2)34(20-18-25-10-8-7-9-11-25)30(36)22-35(27-15-12-23(3)24(4)21-27)40(38,39)28-16-13-26(32)14-17-28/h7-17,21,29H,5-6,18-20,22H2,1-4H3,(H,33,37). The molecule has 0 aliphatic rings. The molecule has 1 N–H and O–H groups in total. The molecule has 9 heteroatoms. The summed E-state index contributed by atoms with van der Waals surface area (Å²) >= 11 is 6.02. The quantitative estimate of drug-likeness (QED) is 0.287. The van der Waals surface area contributed by atoms with Crippen LogP contribution >= 0.6 is 11.6 Å². The summed E-state index contributed by atoms with van der Waals surface area (Å²) in [5.41, 5.74) is 3.29. The van der Waals surface area contributed by atoms with Crippen LogP contribution in [0.2, 0.25) is 5.02 Å². The lowest BCUT2D eigenvalue weighted by molar-refractivity contribution is -0.139.